The van der Waals surface area contributed by atoms with Crippen molar-refractivity contribution in [1.29, 1.82) is 0 Å². The van der Waals surface area contributed by atoms with Gasteiger partial charge in [-0.2, -0.15) is 0 Å². The molecule has 0 aliphatic carbocycles. The molecule has 400 valence electrons. The third-order valence-corrected chi connectivity index (χ3v) is 13.6. The van der Waals surface area contributed by atoms with Gasteiger partial charge in [0, 0.05) is 6.42 Å². The van der Waals surface area contributed by atoms with E-state index in [9.17, 15) is 45.6 Å². The van der Waals surface area contributed by atoms with Crippen LogP contribution in [0.2, 0.25) is 0 Å². The van der Waals surface area contributed by atoms with Crippen molar-refractivity contribution in [2.75, 3.05) is 19.8 Å². The quantitative estimate of drug-likeness (QED) is 0.0208. The number of aliphatic hydroxyl groups is 8. The molecule has 68 heavy (non-hydrogen) atoms. The lowest BCUT2D eigenvalue weighted by Crippen LogP contribution is -2.65. The van der Waals surface area contributed by atoms with E-state index in [1.54, 1.807) is 6.08 Å². The van der Waals surface area contributed by atoms with Crippen LogP contribution in [0.3, 0.4) is 0 Å². The van der Waals surface area contributed by atoms with Crippen LogP contribution in [0.1, 0.15) is 219 Å². The molecular weight excluding hydrogens is 871 g/mol. The van der Waals surface area contributed by atoms with Gasteiger partial charge in [-0.3, -0.25) is 4.79 Å². The summed E-state index contributed by atoms with van der Waals surface area (Å²) in [6, 6.07) is -0.915. The summed E-state index contributed by atoms with van der Waals surface area (Å²) >= 11 is 0. The molecule has 12 unspecified atom stereocenters. The van der Waals surface area contributed by atoms with Gasteiger partial charge < -0.3 is 65.1 Å². The zero-order valence-electron chi connectivity index (χ0n) is 42.6. The molecule has 14 nitrogen and oxygen atoms in total. The van der Waals surface area contributed by atoms with Crippen molar-refractivity contribution in [3.8, 4) is 0 Å². The Bertz CT molecular complexity index is 1240. The van der Waals surface area contributed by atoms with Gasteiger partial charge in [-0.15, -0.1) is 0 Å². The Kier molecular flexibility index (Phi) is 37.7. The lowest BCUT2D eigenvalue weighted by atomic mass is 9.97. The van der Waals surface area contributed by atoms with Crippen LogP contribution in [0.25, 0.3) is 0 Å². The molecule has 12 atom stereocenters. The minimum atomic E-state index is -1.79. The maximum absolute atomic E-state index is 13.1. The first-order valence-corrected chi connectivity index (χ1v) is 27.6. The number of carbonyl (C=O) groups excluding carboxylic acids is 1. The molecule has 0 bridgehead atoms. The minimum absolute atomic E-state index is 0.250. The summed E-state index contributed by atoms with van der Waals surface area (Å²) in [7, 11) is 0. The molecule has 0 aromatic rings. The Labute approximate surface area is 411 Å². The average Bonchev–Trinajstić information content (AvgIpc) is 3.34. The number of ether oxygens (including phenoxy) is 4. The molecule has 9 N–H and O–H groups in total. The predicted octanol–water partition coefficient (Wildman–Crippen LogP) is 8.11. The van der Waals surface area contributed by atoms with E-state index in [2.05, 4.69) is 31.3 Å². The first kappa shape index (κ1) is 62.6. The number of unbranched alkanes of at least 4 members (excludes halogenated alkanes) is 28. The van der Waals surface area contributed by atoms with Crippen LogP contribution in [-0.2, 0) is 23.7 Å². The van der Waals surface area contributed by atoms with Crippen LogP contribution >= 0.6 is 0 Å². The van der Waals surface area contributed by atoms with Crippen LogP contribution in [0.4, 0.5) is 0 Å². The van der Waals surface area contributed by atoms with Crippen LogP contribution < -0.4 is 5.32 Å². The maximum Gasteiger partial charge on any atom is 0.220 e. The van der Waals surface area contributed by atoms with Crippen molar-refractivity contribution >= 4 is 5.91 Å². The van der Waals surface area contributed by atoms with Gasteiger partial charge in [0.25, 0.3) is 0 Å². The number of aliphatic hydroxyl groups excluding tert-OH is 8. The number of hydrogen-bond donors (Lipinski definition) is 9. The Morgan fingerprint density at radius 2 is 0.956 bits per heavy atom. The van der Waals surface area contributed by atoms with E-state index in [0.717, 1.165) is 64.2 Å². The smallest absolute Gasteiger partial charge is 0.220 e. The number of nitrogens with one attached hydrogen (secondary N) is 1. The molecule has 2 aliphatic rings. The van der Waals surface area contributed by atoms with Crippen molar-refractivity contribution in [2.24, 2.45) is 0 Å². The second-order valence-corrected chi connectivity index (χ2v) is 19.7. The molecule has 2 rings (SSSR count). The third kappa shape index (κ3) is 27.3. The number of rotatable bonds is 43. The summed E-state index contributed by atoms with van der Waals surface area (Å²) in [5.74, 6) is -0.250. The molecule has 0 aromatic carbocycles. The Morgan fingerprint density at radius 1 is 0.515 bits per heavy atom. The molecule has 2 aliphatic heterocycles. The summed E-state index contributed by atoms with van der Waals surface area (Å²) in [4.78, 5) is 13.1. The van der Waals surface area contributed by atoms with Crippen molar-refractivity contribution in [2.45, 2.75) is 293 Å². The van der Waals surface area contributed by atoms with Crippen LogP contribution in [-0.4, -0.2) is 140 Å². The lowest BCUT2D eigenvalue weighted by Gasteiger charge is -2.46. The van der Waals surface area contributed by atoms with Crippen LogP contribution in [0, 0.1) is 0 Å². The van der Waals surface area contributed by atoms with Crippen molar-refractivity contribution in [3.05, 3.63) is 24.3 Å². The molecule has 0 saturated carbocycles. The summed E-state index contributed by atoms with van der Waals surface area (Å²) in [6.07, 6.45) is 29.5. The van der Waals surface area contributed by atoms with Gasteiger partial charge in [-0.1, -0.05) is 199 Å². The topological polar surface area (TPSA) is 228 Å². The summed E-state index contributed by atoms with van der Waals surface area (Å²) in [5, 5.41) is 86.8. The number of allylic oxidation sites excluding steroid dienone is 3. The Morgan fingerprint density at radius 3 is 1.46 bits per heavy atom. The largest absolute Gasteiger partial charge is 0.394 e. The monoisotopic (exact) mass is 972 g/mol. The Hall–Kier alpha value is -1.53. The third-order valence-electron chi connectivity index (χ3n) is 13.6. The Balaban J connectivity index is 1.75. The first-order valence-electron chi connectivity index (χ1n) is 27.6. The zero-order valence-corrected chi connectivity index (χ0v) is 42.6. The van der Waals surface area contributed by atoms with Gasteiger partial charge in [-0.25, -0.2) is 0 Å². The predicted molar refractivity (Wildman–Crippen MR) is 268 cm³/mol. The van der Waals surface area contributed by atoms with E-state index < -0.39 is 86.8 Å². The number of amides is 1. The fourth-order valence-corrected chi connectivity index (χ4v) is 9.12. The van der Waals surface area contributed by atoms with E-state index in [1.807, 2.05) is 6.08 Å². The van der Waals surface area contributed by atoms with Gasteiger partial charge in [0.05, 0.1) is 32.0 Å². The molecule has 1 amide bonds. The number of hydrogen-bond acceptors (Lipinski definition) is 13. The summed E-state index contributed by atoms with van der Waals surface area (Å²) < 4.78 is 22.7. The van der Waals surface area contributed by atoms with E-state index in [4.69, 9.17) is 18.9 Å². The minimum Gasteiger partial charge on any atom is -0.394 e. The van der Waals surface area contributed by atoms with Gasteiger partial charge in [0.15, 0.2) is 12.6 Å². The van der Waals surface area contributed by atoms with Gasteiger partial charge in [-0.05, 0) is 38.5 Å². The molecule has 2 heterocycles. The van der Waals surface area contributed by atoms with E-state index in [-0.39, 0.29) is 18.9 Å². The SMILES string of the molecule is CCC/C=C\CCCCCCCC(=O)NC(COC1OC(CO)C(OC2OC(CO)C(O)C(O)C2O)C(O)C1O)C(O)/C=C/CCCCCCCCCCCCCCCCCCCCCCCC. The zero-order chi connectivity index (χ0) is 49.6. The van der Waals surface area contributed by atoms with Gasteiger partial charge >= 0.3 is 0 Å². The number of carbonyl (C=O) groups is 1. The second-order valence-electron chi connectivity index (χ2n) is 19.7. The molecule has 0 spiro atoms. The highest BCUT2D eigenvalue weighted by Crippen LogP contribution is 2.30. The average molecular weight is 972 g/mol. The highest BCUT2D eigenvalue weighted by Gasteiger charge is 2.51. The maximum atomic E-state index is 13.1. The molecule has 2 fully saturated rings. The molecule has 0 radical (unpaired) electrons. The van der Waals surface area contributed by atoms with Crippen LogP contribution in [0.15, 0.2) is 24.3 Å². The van der Waals surface area contributed by atoms with Crippen molar-refractivity contribution in [3.63, 3.8) is 0 Å². The van der Waals surface area contributed by atoms with E-state index in [0.29, 0.717) is 6.42 Å². The van der Waals surface area contributed by atoms with Crippen LogP contribution in [0.5, 0.6) is 0 Å². The summed E-state index contributed by atoms with van der Waals surface area (Å²) in [5.41, 5.74) is 0. The van der Waals surface area contributed by atoms with Gasteiger partial charge in [0.1, 0.15) is 48.8 Å². The first-order chi connectivity index (χ1) is 33.1. The molecular formula is C54H101NO13. The fourth-order valence-electron chi connectivity index (χ4n) is 9.12. The molecule has 14 heteroatoms. The van der Waals surface area contributed by atoms with Crippen molar-refractivity contribution in [1.82, 2.24) is 5.32 Å². The van der Waals surface area contributed by atoms with Crippen molar-refractivity contribution < 1.29 is 64.6 Å². The highest BCUT2D eigenvalue weighted by atomic mass is 16.7. The molecule has 2 saturated heterocycles. The molecule has 0 aromatic heterocycles. The van der Waals surface area contributed by atoms with E-state index >= 15 is 0 Å². The second kappa shape index (κ2) is 41.0. The lowest BCUT2D eigenvalue weighted by molar-refractivity contribution is -0.359. The summed E-state index contributed by atoms with van der Waals surface area (Å²) in [6.45, 7) is 2.73. The highest BCUT2D eigenvalue weighted by molar-refractivity contribution is 5.76. The standard InChI is InChI=1S/C54H101NO13/c1-3-5-7-9-11-13-15-16-17-18-19-20-21-22-23-24-25-26-27-28-29-31-33-35-37-43(58)42(55-46(59)38-36-34-32-30-14-12-10-8-6-4-2)41-65-53-51(64)49(62)52(45(40-57)67-53)68-54-50(63)48(61)47(60)44(39-56)66-54/h8,10,35,37,42-45,47-54,56-58,60-64H,3-7,9,11-34,36,38-41H2,1-2H3,(H,55,59)/b10-8-,37-35+. The van der Waals surface area contributed by atoms with Gasteiger partial charge in [0.2, 0.25) is 5.91 Å². The normalized spacial score (nSPS) is 26.5. The van der Waals surface area contributed by atoms with E-state index in [1.165, 1.54) is 128 Å². The fraction of sp³-hybridized carbons (Fsp3) is 0.907.